The maximum Gasteiger partial charge on any atom is 0.193 e. The molecule has 0 spiro atoms. The van der Waals surface area contributed by atoms with Gasteiger partial charge in [-0.3, -0.25) is 4.99 Å². The Bertz CT molecular complexity index is 578. The summed E-state index contributed by atoms with van der Waals surface area (Å²) in [7, 11) is 3.50. The van der Waals surface area contributed by atoms with Crippen molar-refractivity contribution < 1.29 is 13.9 Å². The molecule has 7 heteroatoms. The van der Waals surface area contributed by atoms with E-state index in [0.29, 0.717) is 17.7 Å². The van der Waals surface area contributed by atoms with E-state index in [-0.39, 0.29) is 5.82 Å². The van der Waals surface area contributed by atoms with Crippen LogP contribution in [0.3, 0.4) is 0 Å². The summed E-state index contributed by atoms with van der Waals surface area (Å²) < 4.78 is 24.0. The maximum atomic E-state index is 13.1. The standard InChI is InChI=1S/C19H29ClFN3O2/c1-22-19(23-9-6-15-4-5-16(21)14-18(15)20)24-10-7-17(8-11-24)26-13-3-12-25-2/h4-5,14,17H,3,6-13H2,1-2H3,(H,22,23). The van der Waals surface area contributed by atoms with Crippen LogP contribution in [0.1, 0.15) is 24.8 Å². The highest BCUT2D eigenvalue weighted by Crippen LogP contribution is 2.18. The van der Waals surface area contributed by atoms with Crippen molar-refractivity contribution >= 4 is 17.6 Å². The summed E-state index contributed by atoms with van der Waals surface area (Å²) in [6.45, 7) is 4.04. The largest absolute Gasteiger partial charge is 0.385 e. The first kappa shape index (κ1) is 20.9. The molecule has 0 amide bonds. The molecule has 1 N–H and O–H groups in total. The molecular weight excluding hydrogens is 357 g/mol. The third kappa shape index (κ3) is 6.74. The molecule has 146 valence electrons. The van der Waals surface area contributed by atoms with E-state index in [1.807, 2.05) is 0 Å². The molecule has 1 aromatic carbocycles. The van der Waals surface area contributed by atoms with Crippen molar-refractivity contribution in [1.82, 2.24) is 10.2 Å². The highest BCUT2D eigenvalue weighted by atomic mass is 35.5. The Balaban J connectivity index is 1.71. The summed E-state index contributed by atoms with van der Waals surface area (Å²) in [6.07, 6.45) is 3.97. The predicted octanol–water partition coefficient (Wildman–Crippen LogP) is 3.11. The molecule has 0 radical (unpaired) electrons. The molecule has 26 heavy (non-hydrogen) atoms. The number of nitrogens with one attached hydrogen (secondary N) is 1. The second kappa shape index (κ2) is 11.4. The van der Waals surface area contributed by atoms with Crippen LogP contribution in [-0.4, -0.2) is 64.0 Å². The van der Waals surface area contributed by atoms with Crippen LogP contribution in [-0.2, 0) is 15.9 Å². The molecule has 1 fully saturated rings. The Morgan fingerprint density at radius 1 is 1.35 bits per heavy atom. The number of halogens is 2. The summed E-state index contributed by atoms with van der Waals surface area (Å²) in [5, 5.41) is 3.84. The van der Waals surface area contributed by atoms with Gasteiger partial charge in [-0.15, -0.1) is 0 Å². The maximum absolute atomic E-state index is 13.1. The van der Waals surface area contributed by atoms with Crippen LogP contribution in [0.4, 0.5) is 4.39 Å². The van der Waals surface area contributed by atoms with Gasteiger partial charge in [0.2, 0.25) is 0 Å². The van der Waals surface area contributed by atoms with Crippen LogP contribution in [0.15, 0.2) is 23.2 Å². The van der Waals surface area contributed by atoms with Gasteiger partial charge in [-0.25, -0.2) is 4.39 Å². The monoisotopic (exact) mass is 385 g/mol. The van der Waals surface area contributed by atoms with E-state index in [2.05, 4.69) is 15.2 Å². The molecule has 0 aromatic heterocycles. The quantitative estimate of drug-likeness (QED) is 0.424. The van der Waals surface area contributed by atoms with Crippen molar-refractivity contribution in [2.75, 3.05) is 47.0 Å². The van der Waals surface area contributed by atoms with Gasteiger partial charge in [0.1, 0.15) is 5.82 Å². The number of methoxy groups -OCH3 is 1. The highest BCUT2D eigenvalue weighted by molar-refractivity contribution is 6.31. The molecule has 2 rings (SSSR count). The zero-order valence-electron chi connectivity index (χ0n) is 15.6. The number of benzene rings is 1. The van der Waals surface area contributed by atoms with Gasteiger partial charge in [-0.2, -0.15) is 0 Å². The van der Waals surface area contributed by atoms with Gasteiger partial charge in [0.05, 0.1) is 6.10 Å². The van der Waals surface area contributed by atoms with Crippen molar-refractivity contribution in [3.63, 3.8) is 0 Å². The minimum absolute atomic E-state index is 0.310. The number of hydrogen-bond donors (Lipinski definition) is 1. The zero-order valence-corrected chi connectivity index (χ0v) is 16.4. The van der Waals surface area contributed by atoms with Crippen LogP contribution < -0.4 is 5.32 Å². The van der Waals surface area contributed by atoms with Gasteiger partial charge in [0, 0.05) is 52.0 Å². The average Bonchev–Trinajstić information content (AvgIpc) is 2.65. The van der Waals surface area contributed by atoms with Crippen molar-refractivity contribution in [2.45, 2.75) is 31.8 Å². The molecule has 5 nitrogen and oxygen atoms in total. The Labute approximate surface area is 160 Å². The lowest BCUT2D eigenvalue weighted by atomic mass is 10.1. The van der Waals surface area contributed by atoms with Crippen molar-refractivity contribution in [1.29, 1.82) is 0 Å². The summed E-state index contributed by atoms with van der Waals surface area (Å²) in [6, 6.07) is 4.52. The minimum Gasteiger partial charge on any atom is -0.385 e. The van der Waals surface area contributed by atoms with E-state index in [1.54, 1.807) is 20.2 Å². The van der Waals surface area contributed by atoms with E-state index < -0.39 is 0 Å². The fraction of sp³-hybridized carbons (Fsp3) is 0.632. The van der Waals surface area contributed by atoms with E-state index in [0.717, 1.165) is 63.5 Å². The molecule has 1 heterocycles. The van der Waals surface area contributed by atoms with E-state index in [1.165, 1.54) is 12.1 Å². The average molecular weight is 386 g/mol. The Morgan fingerprint density at radius 2 is 2.12 bits per heavy atom. The van der Waals surface area contributed by atoms with Gasteiger partial charge in [0.25, 0.3) is 0 Å². The molecule has 0 bridgehead atoms. The first-order chi connectivity index (χ1) is 12.6. The molecule has 0 aliphatic carbocycles. The van der Waals surface area contributed by atoms with Gasteiger partial charge in [-0.1, -0.05) is 17.7 Å². The molecule has 1 aliphatic heterocycles. The molecule has 1 aromatic rings. The zero-order chi connectivity index (χ0) is 18.8. The van der Waals surface area contributed by atoms with Gasteiger partial charge < -0.3 is 19.7 Å². The number of nitrogens with zero attached hydrogens (tertiary/aromatic N) is 2. The van der Waals surface area contributed by atoms with Gasteiger partial charge in [0.15, 0.2) is 5.96 Å². The van der Waals surface area contributed by atoms with Crippen molar-refractivity contribution in [3.8, 4) is 0 Å². The third-order valence-electron chi connectivity index (χ3n) is 4.49. The number of likely N-dealkylation sites (tertiary alicyclic amines) is 1. The summed E-state index contributed by atoms with van der Waals surface area (Å²) in [5.41, 5.74) is 0.930. The van der Waals surface area contributed by atoms with Gasteiger partial charge >= 0.3 is 0 Å². The molecule has 1 aliphatic rings. The number of guanidine groups is 1. The van der Waals surface area contributed by atoms with Gasteiger partial charge in [-0.05, 0) is 43.4 Å². The number of rotatable bonds is 8. The number of ether oxygens (including phenoxy) is 2. The number of hydrogen-bond acceptors (Lipinski definition) is 3. The lowest BCUT2D eigenvalue weighted by Gasteiger charge is -2.34. The fourth-order valence-corrected chi connectivity index (χ4v) is 3.31. The minimum atomic E-state index is -0.310. The second-order valence-electron chi connectivity index (χ2n) is 6.36. The second-order valence-corrected chi connectivity index (χ2v) is 6.77. The van der Waals surface area contributed by atoms with E-state index in [4.69, 9.17) is 21.1 Å². The lowest BCUT2D eigenvalue weighted by molar-refractivity contribution is 0.00992. The molecule has 0 atom stereocenters. The summed E-state index contributed by atoms with van der Waals surface area (Å²) >= 11 is 6.07. The predicted molar refractivity (Wildman–Crippen MR) is 104 cm³/mol. The van der Waals surface area contributed by atoms with Crippen LogP contribution in [0, 0.1) is 5.82 Å². The Morgan fingerprint density at radius 3 is 2.77 bits per heavy atom. The first-order valence-electron chi connectivity index (χ1n) is 9.14. The van der Waals surface area contributed by atoms with Crippen LogP contribution in [0.5, 0.6) is 0 Å². The molecule has 0 unspecified atom stereocenters. The van der Waals surface area contributed by atoms with Crippen LogP contribution in [0.2, 0.25) is 5.02 Å². The summed E-state index contributed by atoms with van der Waals surface area (Å²) in [4.78, 5) is 6.62. The lowest BCUT2D eigenvalue weighted by Crippen LogP contribution is -2.47. The fourth-order valence-electron chi connectivity index (χ4n) is 3.05. The molecule has 0 saturated carbocycles. The van der Waals surface area contributed by atoms with Crippen molar-refractivity contribution in [3.05, 3.63) is 34.6 Å². The summed E-state index contributed by atoms with van der Waals surface area (Å²) in [5.74, 6) is 0.580. The van der Waals surface area contributed by atoms with Crippen LogP contribution >= 0.6 is 11.6 Å². The topological polar surface area (TPSA) is 46.1 Å². The number of piperidine rings is 1. The van der Waals surface area contributed by atoms with Crippen molar-refractivity contribution in [2.24, 2.45) is 4.99 Å². The first-order valence-corrected chi connectivity index (χ1v) is 9.52. The number of aliphatic imine (C=N–C) groups is 1. The smallest absolute Gasteiger partial charge is 0.193 e. The molecule has 1 saturated heterocycles. The van der Waals surface area contributed by atoms with E-state index >= 15 is 0 Å². The third-order valence-corrected chi connectivity index (χ3v) is 4.84. The highest BCUT2D eigenvalue weighted by Gasteiger charge is 2.21. The Hall–Kier alpha value is -1.37. The Kier molecular flexibility index (Phi) is 9.15. The van der Waals surface area contributed by atoms with Crippen LogP contribution in [0.25, 0.3) is 0 Å². The van der Waals surface area contributed by atoms with E-state index in [9.17, 15) is 4.39 Å². The molecular formula is C19H29ClFN3O2. The normalized spacial score (nSPS) is 16.2. The SMILES string of the molecule is CN=C(NCCc1ccc(F)cc1Cl)N1CCC(OCCCOC)CC1.